The van der Waals surface area contributed by atoms with Gasteiger partial charge in [0.1, 0.15) is 18.1 Å². The SMILES string of the molecule is CCOC(=O)CC(=O)NCCc1cc(F)cc(F)c1. The van der Waals surface area contributed by atoms with Crippen molar-refractivity contribution in [2.75, 3.05) is 13.2 Å². The number of carbonyl (C=O) groups is 2. The van der Waals surface area contributed by atoms with Crippen molar-refractivity contribution >= 4 is 11.9 Å². The van der Waals surface area contributed by atoms with E-state index in [4.69, 9.17) is 0 Å². The fourth-order valence-corrected chi connectivity index (χ4v) is 1.51. The van der Waals surface area contributed by atoms with Crippen LogP contribution in [0.5, 0.6) is 0 Å². The molecule has 0 fully saturated rings. The molecule has 1 rings (SSSR count). The Morgan fingerprint density at radius 1 is 1.21 bits per heavy atom. The third-order valence-electron chi connectivity index (χ3n) is 2.27. The van der Waals surface area contributed by atoms with Gasteiger partial charge in [-0.2, -0.15) is 0 Å². The maximum absolute atomic E-state index is 12.9. The summed E-state index contributed by atoms with van der Waals surface area (Å²) in [6.45, 7) is 2.06. The molecule has 1 amide bonds. The Balaban J connectivity index is 2.33. The Morgan fingerprint density at radius 2 is 1.84 bits per heavy atom. The van der Waals surface area contributed by atoms with Crippen molar-refractivity contribution in [2.45, 2.75) is 19.8 Å². The molecule has 1 aromatic rings. The fourth-order valence-electron chi connectivity index (χ4n) is 1.51. The zero-order valence-corrected chi connectivity index (χ0v) is 10.5. The Hall–Kier alpha value is -1.98. The summed E-state index contributed by atoms with van der Waals surface area (Å²) in [6.07, 6.45) is -0.0748. The predicted octanol–water partition coefficient (Wildman–Crippen LogP) is 1.58. The molecule has 0 aliphatic carbocycles. The third-order valence-corrected chi connectivity index (χ3v) is 2.27. The van der Waals surface area contributed by atoms with Crippen LogP contribution in [0.4, 0.5) is 8.78 Å². The molecule has 0 saturated carbocycles. The summed E-state index contributed by atoms with van der Waals surface area (Å²) in [4.78, 5) is 22.3. The number of benzene rings is 1. The van der Waals surface area contributed by atoms with E-state index in [1.165, 1.54) is 12.1 Å². The average molecular weight is 271 g/mol. The molecule has 0 spiro atoms. The first kappa shape index (κ1) is 15.1. The molecular weight excluding hydrogens is 256 g/mol. The number of nitrogens with one attached hydrogen (secondary N) is 1. The first-order chi connectivity index (χ1) is 9.01. The zero-order valence-electron chi connectivity index (χ0n) is 10.5. The number of hydrogen-bond donors (Lipinski definition) is 1. The van der Waals surface area contributed by atoms with E-state index in [1.807, 2.05) is 0 Å². The lowest BCUT2D eigenvalue weighted by atomic mass is 10.1. The molecule has 0 bridgehead atoms. The monoisotopic (exact) mass is 271 g/mol. The molecular formula is C13H15F2NO3. The summed E-state index contributed by atoms with van der Waals surface area (Å²) in [7, 11) is 0. The highest BCUT2D eigenvalue weighted by molar-refractivity contribution is 5.94. The number of esters is 1. The van der Waals surface area contributed by atoms with E-state index in [2.05, 4.69) is 10.1 Å². The molecule has 0 saturated heterocycles. The van der Waals surface area contributed by atoms with E-state index in [0.717, 1.165) is 6.07 Å². The van der Waals surface area contributed by atoms with Crippen LogP contribution in [0.25, 0.3) is 0 Å². The molecule has 0 unspecified atom stereocenters. The zero-order chi connectivity index (χ0) is 14.3. The Morgan fingerprint density at radius 3 is 2.42 bits per heavy atom. The van der Waals surface area contributed by atoms with Crippen LogP contribution in [0.15, 0.2) is 18.2 Å². The van der Waals surface area contributed by atoms with Crippen LogP contribution in [0.1, 0.15) is 18.9 Å². The fraction of sp³-hybridized carbons (Fsp3) is 0.385. The largest absolute Gasteiger partial charge is 0.466 e. The van der Waals surface area contributed by atoms with Gasteiger partial charge in [0, 0.05) is 12.6 Å². The van der Waals surface area contributed by atoms with Crippen LogP contribution in [0.3, 0.4) is 0 Å². The number of ether oxygens (including phenoxy) is 1. The van der Waals surface area contributed by atoms with Crippen LogP contribution < -0.4 is 5.32 Å². The van der Waals surface area contributed by atoms with Gasteiger partial charge >= 0.3 is 5.97 Å². The van der Waals surface area contributed by atoms with E-state index in [-0.39, 0.29) is 26.0 Å². The van der Waals surface area contributed by atoms with E-state index >= 15 is 0 Å². The van der Waals surface area contributed by atoms with Crippen LogP contribution in [0.2, 0.25) is 0 Å². The molecule has 19 heavy (non-hydrogen) atoms. The normalized spacial score (nSPS) is 10.1. The lowest BCUT2D eigenvalue weighted by Crippen LogP contribution is -2.28. The van der Waals surface area contributed by atoms with Gasteiger partial charge < -0.3 is 10.1 Å². The molecule has 0 aliphatic rings. The van der Waals surface area contributed by atoms with E-state index in [9.17, 15) is 18.4 Å². The minimum absolute atomic E-state index is 0.196. The van der Waals surface area contributed by atoms with Crippen molar-refractivity contribution in [2.24, 2.45) is 0 Å². The highest BCUT2D eigenvalue weighted by Crippen LogP contribution is 2.08. The first-order valence-corrected chi connectivity index (χ1v) is 5.88. The minimum atomic E-state index is -0.659. The molecule has 0 aromatic heterocycles. The Labute approximate surface area is 109 Å². The van der Waals surface area contributed by atoms with Crippen LogP contribution in [-0.4, -0.2) is 25.0 Å². The molecule has 6 heteroatoms. The molecule has 4 nitrogen and oxygen atoms in total. The van der Waals surface area contributed by atoms with Crippen LogP contribution in [0, 0.1) is 11.6 Å². The number of rotatable bonds is 6. The van der Waals surface area contributed by atoms with Gasteiger partial charge in [0.15, 0.2) is 0 Å². The number of carbonyl (C=O) groups excluding carboxylic acids is 2. The minimum Gasteiger partial charge on any atom is -0.466 e. The Kier molecular flexibility index (Phi) is 5.92. The maximum atomic E-state index is 12.9. The Bertz CT molecular complexity index is 443. The lowest BCUT2D eigenvalue weighted by molar-refractivity contribution is -0.145. The molecule has 1 aromatic carbocycles. The number of halogens is 2. The molecule has 0 aliphatic heterocycles. The molecule has 0 radical (unpaired) electrons. The van der Waals surface area contributed by atoms with Gasteiger partial charge in [0.2, 0.25) is 5.91 Å². The summed E-state index contributed by atoms with van der Waals surface area (Å²) < 4.78 is 30.4. The van der Waals surface area contributed by atoms with Gasteiger partial charge in [-0.15, -0.1) is 0 Å². The van der Waals surface area contributed by atoms with Crippen molar-refractivity contribution < 1.29 is 23.1 Å². The van der Waals surface area contributed by atoms with Crippen molar-refractivity contribution in [3.8, 4) is 0 Å². The summed E-state index contributed by atoms with van der Waals surface area (Å²) in [6, 6.07) is 3.17. The highest BCUT2D eigenvalue weighted by atomic mass is 19.1. The van der Waals surface area contributed by atoms with Gasteiger partial charge in [0.05, 0.1) is 6.61 Å². The third kappa shape index (κ3) is 5.94. The smallest absolute Gasteiger partial charge is 0.315 e. The van der Waals surface area contributed by atoms with Crippen molar-refractivity contribution in [3.05, 3.63) is 35.4 Å². The van der Waals surface area contributed by atoms with Gasteiger partial charge in [-0.25, -0.2) is 8.78 Å². The average Bonchev–Trinajstić information content (AvgIpc) is 2.27. The van der Waals surface area contributed by atoms with Gasteiger partial charge in [-0.3, -0.25) is 9.59 Å². The first-order valence-electron chi connectivity index (χ1n) is 5.88. The topological polar surface area (TPSA) is 55.4 Å². The second kappa shape index (κ2) is 7.45. The van der Waals surface area contributed by atoms with Crippen molar-refractivity contribution in [3.63, 3.8) is 0 Å². The van der Waals surface area contributed by atoms with Crippen LogP contribution >= 0.6 is 0 Å². The summed E-state index contributed by atoms with van der Waals surface area (Å²) in [5, 5.41) is 2.47. The van der Waals surface area contributed by atoms with Crippen LogP contribution in [-0.2, 0) is 20.7 Å². The number of amides is 1. The second-order valence-corrected chi connectivity index (χ2v) is 3.86. The second-order valence-electron chi connectivity index (χ2n) is 3.86. The molecule has 1 N–H and O–H groups in total. The summed E-state index contributed by atoms with van der Waals surface area (Å²) in [5.41, 5.74) is 0.439. The van der Waals surface area contributed by atoms with Gasteiger partial charge in [-0.1, -0.05) is 0 Å². The summed E-state index contributed by atoms with van der Waals surface area (Å²) >= 11 is 0. The van der Waals surface area contributed by atoms with E-state index in [0.29, 0.717) is 5.56 Å². The number of hydrogen-bond acceptors (Lipinski definition) is 3. The van der Waals surface area contributed by atoms with E-state index in [1.54, 1.807) is 6.92 Å². The van der Waals surface area contributed by atoms with Gasteiger partial charge in [0.25, 0.3) is 0 Å². The quantitative estimate of drug-likeness (QED) is 0.631. The summed E-state index contributed by atoms with van der Waals surface area (Å²) in [5.74, 6) is -2.40. The van der Waals surface area contributed by atoms with Crippen molar-refractivity contribution in [1.29, 1.82) is 0 Å². The molecule has 104 valence electrons. The lowest BCUT2D eigenvalue weighted by Gasteiger charge is -2.05. The standard InChI is InChI=1S/C13H15F2NO3/c1-2-19-13(18)8-12(17)16-4-3-9-5-10(14)7-11(15)6-9/h5-7H,2-4,8H2,1H3,(H,16,17). The molecule has 0 atom stereocenters. The molecule has 0 heterocycles. The van der Waals surface area contributed by atoms with E-state index < -0.39 is 23.5 Å². The van der Waals surface area contributed by atoms with Gasteiger partial charge in [-0.05, 0) is 31.0 Å². The van der Waals surface area contributed by atoms with Crippen molar-refractivity contribution in [1.82, 2.24) is 5.32 Å². The highest BCUT2D eigenvalue weighted by Gasteiger charge is 2.09. The maximum Gasteiger partial charge on any atom is 0.315 e. The predicted molar refractivity (Wildman–Crippen MR) is 64.3 cm³/mol.